The van der Waals surface area contributed by atoms with E-state index in [1.807, 2.05) is 52.0 Å². The number of carbonyl (C=O) groups is 9. The van der Waals surface area contributed by atoms with Crippen LogP contribution < -0.4 is 47.9 Å². The van der Waals surface area contributed by atoms with E-state index < -0.39 is 102 Å². The van der Waals surface area contributed by atoms with Crippen LogP contribution in [0.5, 0.6) is 5.75 Å². The standard InChI is InChI=1S/C58H80N10O11/c1-9-34(6)49(58(78)79)68-51(71)36(8)61-50(70)35(7)62-53(73)44(26-32(2)3)63-57(77)48(30-39-31-60-42-19-14-13-18-41(39)42)67-56(76)46(28-37-16-11-10-12-17-37)66-54(74)45(27-33(4)5)64-55(75)47(29-38-21-23-40(69)24-22-38)65-52(72)43-20-15-25-59-43/h10-14,16-19,21-24,31-36,43-49,59-60,69H,9,15,20,25-30H2,1-8H3,(H,61,70)(H,62,73)(H,63,77)(H,64,75)(H,65,72)(H,66,74)(H,67,76)(H,68,71)(H,78,79)/t34-,35-,36-,43-,44-,45-,46-,47-,48-,49-/m0/s1. The highest BCUT2D eigenvalue weighted by Crippen LogP contribution is 2.21. The molecule has 5 rings (SSSR count). The summed E-state index contributed by atoms with van der Waals surface area (Å²) in [4.78, 5) is 127. The maximum Gasteiger partial charge on any atom is 0.326 e. The van der Waals surface area contributed by atoms with Gasteiger partial charge in [0.05, 0.1) is 6.04 Å². The maximum atomic E-state index is 14.9. The van der Waals surface area contributed by atoms with Gasteiger partial charge < -0.3 is 63.0 Å². The van der Waals surface area contributed by atoms with E-state index in [0.717, 1.165) is 17.3 Å². The van der Waals surface area contributed by atoms with Gasteiger partial charge in [0.15, 0.2) is 0 Å². The average molecular weight is 1090 g/mol. The first-order chi connectivity index (χ1) is 37.5. The number of nitrogens with one attached hydrogen (secondary N) is 10. The quantitative estimate of drug-likeness (QED) is 0.0374. The number of hydrogen-bond acceptors (Lipinski definition) is 11. The van der Waals surface area contributed by atoms with Crippen LogP contribution in [0.25, 0.3) is 10.9 Å². The molecule has 0 aliphatic carbocycles. The van der Waals surface area contributed by atoms with Crippen LogP contribution in [0, 0.1) is 17.8 Å². The number of carboxylic acids is 1. The van der Waals surface area contributed by atoms with Crippen molar-refractivity contribution in [2.75, 3.05) is 6.54 Å². The van der Waals surface area contributed by atoms with Crippen LogP contribution in [-0.4, -0.2) is 129 Å². The van der Waals surface area contributed by atoms with Gasteiger partial charge >= 0.3 is 5.97 Å². The number of para-hydroxylation sites is 1. The van der Waals surface area contributed by atoms with Crippen LogP contribution in [0.2, 0.25) is 0 Å². The first kappa shape index (κ1) is 62.0. The highest BCUT2D eigenvalue weighted by molar-refractivity contribution is 5.98. The van der Waals surface area contributed by atoms with E-state index in [1.54, 1.807) is 62.5 Å². The Balaban J connectivity index is 1.39. The maximum absolute atomic E-state index is 14.9. The Bertz CT molecular complexity index is 2730. The molecule has 1 aliphatic heterocycles. The van der Waals surface area contributed by atoms with Gasteiger partial charge in [0.2, 0.25) is 47.3 Å². The number of aromatic amines is 1. The largest absolute Gasteiger partial charge is 0.508 e. The van der Waals surface area contributed by atoms with Crippen molar-refractivity contribution in [3.05, 3.63) is 102 Å². The van der Waals surface area contributed by atoms with Gasteiger partial charge in [0.25, 0.3) is 0 Å². The Kier molecular flexibility index (Phi) is 23.4. The number of benzene rings is 3. The van der Waals surface area contributed by atoms with Gasteiger partial charge in [0.1, 0.15) is 54.1 Å². The second-order valence-corrected chi connectivity index (χ2v) is 21.5. The number of phenols is 1. The average Bonchev–Trinajstić information content (AvgIpc) is 4.14. The number of rotatable bonds is 29. The van der Waals surface area contributed by atoms with Crippen molar-refractivity contribution in [3.8, 4) is 5.75 Å². The first-order valence-corrected chi connectivity index (χ1v) is 27.3. The van der Waals surface area contributed by atoms with Crippen molar-refractivity contribution in [3.63, 3.8) is 0 Å². The van der Waals surface area contributed by atoms with Crippen molar-refractivity contribution in [2.45, 2.75) is 161 Å². The molecule has 1 fully saturated rings. The molecule has 0 radical (unpaired) electrons. The van der Waals surface area contributed by atoms with E-state index >= 15 is 0 Å². The summed E-state index contributed by atoms with van der Waals surface area (Å²) in [6.45, 7) is 14.3. The Labute approximate surface area is 461 Å². The number of aliphatic carboxylic acids is 1. The lowest BCUT2D eigenvalue weighted by molar-refractivity contribution is -0.143. The molecule has 12 N–H and O–H groups in total. The summed E-state index contributed by atoms with van der Waals surface area (Å²) in [5, 5.41) is 45.4. The molecular weight excluding hydrogens is 1010 g/mol. The molecule has 8 amide bonds. The molecule has 0 unspecified atom stereocenters. The van der Waals surface area contributed by atoms with Crippen LogP contribution in [-0.2, 0) is 62.4 Å². The number of aromatic nitrogens is 1. The summed E-state index contributed by atoms with van der Waals surface area (Å²) < 4.78 is 0. The topological polar surface area (TPSA) is 318 Å². The Morgan fingerprint density at radius 2 is 1.01 bits per heavy atom. The first-order valence-electron chi connectivity index (χ1n) is 27.3. The van der Waals surface area contributed by atoms with Gasteiger partial charge in [-0.1, -0.05) is 109 Å². The molecule has 428 valence electrons. The van der Waals surface area contributed by atoms with E-state index in [2.05, 4.69) is 52.8 Å². The van der Waals surface area contributed by atoms with Crippen molar-refractivity contribution in [1.82, 2.24) is 52.8 Å². The molecule has 0 bridgehead atoms. The Hall–Kier alpha value is -7.81. The number of hydrogen-bond donors (Lipinski definition) is 12. The third-order valence-electron chi connectivity index (χ3n) is 14.0. The van der Waals surface area contributed by atoms with Crippen LogP contribution >= 0.6 is 0 Å². The van der Waals surface area contributed by atoms with E-state index in [0.29, 0.717) is 36.1 Å². The van der Waals surface area contributed by atoms with Gasteiger partial charge in [0, 0.05) is 36.4 Å². The monoisotopic (exact) mass is 1090 g/mol. The molecular formula is C58H80N10O11. The van der Waals surface area contributed by atoms with Gasteiger partial charge in [-0.25, -0.2) is 4.79 Å². The number of aromatic hydroxyl groups is 1. The lowest BCUT2D eigenvalue weighted by atomic mass is 9.98. The van der Waals surface area contributed by atoms with Gasteiger partial charge in [-0.3, -0.25) is 38.4 Å². The summed E-state index contributed by atoms with van der Waals surface area (Å²) in [7, 11) is 0. The number of carboxylic acid groups (broad SMARTS) is 1. The molecule has 3 aromatic carbocycles. The molecule has 21 nitrogen and oxygen atoms in total. The van der Waals surface area contributed by atoms with E-state index in [4.69, 9.17) is 0 Å². The lowest BCUT2D eigenvalue weighted by Gasteiger charge is -2.28. The fourth-order valence-electron chi connectivity index (χ4n) is 9.29. The van der Waals surface area contributed by atoms with E-state index in [9.17, 15) is 53.4 Å². The third kappa shape index (κ3) is 19.0. The molecule has 2 heterocycles. The van der Waals surface area contributed by atoms with E-state index in [1.165, 1.54) is 26.0 Å². The van der Waals surface area contributed by atoms with Crippen molar-refractivity contribution in [1.29, 1.82) is 0 Å². The van der Waals surface area contributed by atoms with Crippen molar-refractivity contribution >= 4 is 64.1 Å². The lowest BCUT2D eigenvalue weighted by Crippen LogP contribution is -2.61. The number of phenolic OH excluding ortho intramolecular Hbond substituents is 1. The molecule has 1 aliphatic rings. The molecule has 10 atom stereocenters. The molecule has 0 saturated carbocycles. The second-order valence-electron chi connectivity index (χ2n) is 21.5. The fourth-order valence-corrected chi connectivity index (χ4v) is 9.29. The number of carbonyl (C=O) groups excluding carboxylic acids is 8. The van der Waals surface area contributed by atoms with E-state index in [-0.39, 0.29) is 61.5 Å². The second kappa shape index (κ2) is 29.8. The molecule has 0 spiro atoms. The van der Waals surface area contributed by atoms with Crippen LogP contribution in [0.4, 0.5) is 0 Å². The zero-order valence-electron chi connectivity index (χ0n) is 46.4. The SMILES string of the molecule is CC[C@H](C)[C@H](NC(=O)[C@H](C)NC(=O)[C@H](C)NC(=O)[C@H](CC(C)C)NC(=O)[C@H](Cc1c[nH]c2ccccc12)NC(=O)[C@H](Cc1ccccc1)NC(=O)[C@H](CC(C)C)NC(=O)[C@H](Cc1ccc(O)cc1)NC(=O)[C@@H]1CCCN1)C(=O)O. The number of fused-ring (bicyclic) bond motifs is 1. The number of amides is 8. The minimum absolute atomic E-state index is 0.0252. The summed E-state index contributed by atoms with van der Waals surface area (Å²) in [5.41, 5.74) is 2.74. The summed E-state index contributed by atoms with van der Waals surface area (Å²) >= 11 is 0. The fraction of sp³-hybridized carbons (Fsp3) is 0.500. The predicted octanol–water partition coefficient (Wildman–Crippen LogP) is 2.79. The van der Waals surface area contributed by atoms with Crippen LogP contribution in [0.3, 0.4) is 0 Å². The predicted molar refractivity (Wildman–Crippen MR) is 298 cm³/mol. The highest BCUT2D eigenvalue weighted by Gasteiger charge is 2.36. The summed E-state index contributed by atoms with van der Waals surface area (Å²) in [5.74, 6) is -7.28. The zero-order chi connectivity index (χ0) is 57.9. The van der Waals surface area contributed by atoms with Crippen LogP contribution in [0.15, 0.2) is 85.1 Å². The number of H-pyrrole nitrogens is 1. The van der Waals surface area contributed by atoms with Crippen molar-refractivity contribution < 1.29 is 53.4 Å². The van der Waals surface area contributed by atoms with Gasteiger partial charge in [-0.05, 0) is 98.7 Å². The minimum atomic E-state index is -1.35. The molecule has 79 heavy (non-hydrogen) atoms. The smallest absolute Gasteiger partial charge is 0.326 e. The van der Waals surface area contributed by atoms with Crippen LogP contribution in [0.1, 0.15) is 104 Å². The third-order valence-corrected chi connectivity index (χ3v) is 14.0. The van der Waals surface area contributed by atoms with Crippen molar-refractivity contribution in [2.24, 2.45) is 17.8 Å². The molecule has 4 aromatic rings. The normalized spacial score (nSPS) is 16.7. The summed E-state index contributed by atoms with van der Waals surface area (Å²) in [6, 6.07) is 12.2. The summed E-state index contributed by atoms with van der Waals surface area (Å²) in [6.07, 6.45) is 3.76. The molecule has 1 aromatic heterocycles. The van der Waals surface area contributed by atoms with Gasteiger partial charge in [-0.2, -0.15) is 0 Å². The Morgan fingerprint density at radius 3 is 1.54 bits per heavy atom. The molecule has 21 heteroatoms. The highest BCUT2D eigenvalue weighted by atomic mass is 16.4. The zero-order valence-corrected chi connectivity index (χ0v) is 46.4. The minimum Gasteiger partial charge on any atom is -0.508 e. The van der Waals surface area contributed by atoms with Gasteiger partial charge in [-0.15, -0.1) is 0 Å². The Morgan fingerprint density at radius 1 is 0.544 bits per heavy atom. The molecule has 1 saturated heterocycles.